The molecule has 1 saturated heterocycles. The second kappa shape index (κ2) is 12.1. The molecule has 226 valence electrons. The van der Waals surface area contributed by atoms with Crippen molar-refractivity contribution in [2.24, 2.45) is 0 Å². The average Bonchev–Trinajstić information content (AvgIpc) is 3.32. The molecule has 9 nitrogen and oxygen atoms in total. The molecule has 1 unspecified atom stereocenters. The Labute approximate surface area is 238 Å². The first-order valence-electron chi connectivity index (χ1n) is 14.0. The van der Waals surface area contributed by atoms with Gasteiger partial charge in [0, 0.05) is 42.6 Å². The Morgan fingerprint density at radius 2 is 1.88 bits per heavy atom. The highest BCUT2D eigenvalue weighted by atomic mass is 19.4. The number of aromatic nitrogens is 2. The third-order valence-electron chi connectivity index (χ3n) is 7.42. The number of carbonyl (C=O) groups excluding carboxylic acids is 1. The molecule has 0 amide bonds. The number of fused-ring (bicyclic) bond motifs is 1. The highest BCUT2D eigenvalue weighted by molar-refractivity contribution is 6.17. The molecule has 2 aliphatic rings. The Bertz CT molecular complexity index is 1250. The van der Waals surface area contributed by atoms with Crippen LogP contribution in [0.25, 0.3) is 5.57 Å². The highest BCUT2D eigenvalue weighted by Crippen LogP contribution is 2.47. The molecular formula is C29H39F3N4O5. The summed E-state index contributed by atoms with van der Waals surface area (Å²) in [5.74, 6) is -0.212. The fourth-order valence-corrected chi connectivity index (χ4v) is 5.75. The summed E-state index contributed by atoms with van der Waals surface area (Å²) >= 11 is 0. The molecule has 4 rings (SSSR count). The number of hydrogen-bond acceptors (Lipinski definition) is 7. The Balaban J connectivity index is 1.66. The summed E-state index contributed by atoms with van der Waals surface area (Å²) in [7, 11) is 0. The molecule has 1 aromatic heterocycles. The van der Waals surface area contributed by atoms with Gasteiger partial charge in [-0.2, -0.15) is 18.3 Å². The summed E-state index contributed by atoms with van der Waals surface area (Å²) in [6, 6.07) is 7.11. The summed E-state index contributed by atoms with van der Waals surface area (Å²) < 4.78 is 57.9. The van der Waals surface area contributed by atoms with Crippen LogP contribution in [0, 0.1) is 5.21 Å². The predicted octanol–water partition coefficient (Wildman–Crippen LogP) is 5.02. The predicted molar refractivity (Wildman–Crippen MR) is 146 cm³/mol. The van der Waals surface area contributed by atoms with Crippen molar-refractivity contribution in [2.45, 2.75) is 65.3 Å². The van der Waals surface area contributed by atoms with E-state index in [0.29, 0.717) is 31.1 Å². The molecule has 1 fully saturated rings. The maximum atomic E-state index is 14.8. The summed E-state index contributed by atoms with van der Waals surface area (Å²) in [6.45, 7) is 12.3. The lowest BCUT2D eigenvalue weighted by atomic mass is 9.81. The number of aromatic amines is 1. The van der Waals surface area contributed by atoms with Crippen molar-refractivity contribution in [2.75, 3.05) is 46.0 Å². The largest absolute Gasteiger partial charge is 0.627 e. The lowest BCUT2D eigenvalue weighted by Gasteiger charge is -2.47. The summed E-state index contributed by atoms with van der Waals surface area (Å²) in [5, 5.41) is 20.8. The van der Waals surface area contributed by atoms with Gasteiger partial charge in [-0.05, 0) is 38.1 Å². The van der Waals surface area contributed by atoms with Crippen molar-refractivity contribution in [1.82, 2.24) is 15.1 Å². The Morgan fingerprint density at radius 1 is 1.22 bits per heavy atom. The minimum atomic E-state index is -4.75. The summed E-state index contributed by atoms with van der Waals surface area (Å²) in [4.78, 5) is 15.6. The van der Waals surface area contributed by atoms with Gasteiger partial charge in [0.15, 0.2) is 0 Å². The average molecular weight is 581 g/mol. The van der Waals surface area contributed by atoms with Crippen LogP contribution in [-0.2, 0) is 32.4 Å². The van der Waals surface area contributed by atoms with Crippen molar-refractivity contribution >= 4 is 11.5 Å². The van der Waals surface area contributed by atoms with E-state index in [9.17, 15) is 23.2 Å². The fraction of sp³-hybridized carbons (Fsp3) is 0.586. The van der Waals surface area contributed by atoms with Gasteiger partial charge in [-0.3, -0.25) is 10.00 Å². The van der Waals surface area contributed by atoms with E-state index in [0.717, 1.165) is 19.6 Å². The number of halogens is 3. The minimum absolute atomic E-state index is 0.0888. The number of ether oxygens (including phenoxy) is 3. The molecule has 1 aromatic carbocycles. The number of alkyl halides is 3. The number of hydrogen-bond donors (Lipinski definition) is 1. The first kappa shape index (κ1) is 31.0. The van der Waals surface area contributed by atoms with Gasteiger partial charge in [-0.15, -0.1) is 0 Å². The molecule has 0 aliphatic carbocycles. The smallest absolute Gasteiger partial charge is 0.433 e. The number of hydroxylamine groups is 3. The van der Waals surface area contributed by atoms with E-state index < -0.39 is 34.0 Å². The second-order valence-corrected chi connectivity index (χ2v) is 11.5. The molecule has 0 radical (unpaired) electrons. The number of benzene rings is 1. The number of rotatable bonds is 9. The van der Waals surface area contributed by atoms with Crippen molar-refractivity contribution in [3.8, 4) is 5.75 Å². The van der Waals surface area contributed by atoms with Gasteiger partial charge < -0.3 is 24.1 Å². The number of carbonyl (C=O) groups is 1. The first-order valence-corrected chi connectivity index (χ1v) is 14.0. The lowest BCUT2D eigenvalue weighted by molar-refractivity contribution is -0.861. The quantitative estimate of drug-likeness (QED) is 0.253. The summed E-state index contributed by atoms with van der Waals surface area (Å²) in [6.07, 6.45) is -5.17. The van der Waals surface area contributed by atoms with Crippen LogP contribution < -0.4 is 4.74 Å². The van der Waals surface area contributed by atoms with Crippen LogP contribution in [0.5, 0.6) is 5.75 Å². The number of esters is 1. The molecule has 0 spiro atoms. The van der Waals surface area contributed by atoms with Crippen molar-refractivity contribution in [1.29, 1.82) is 0 Å². The normalized spacial score (nSPS) is 21.5. The second-order valence-electron chi connectivity index (χ2n) is 11.5. The SMILES string of the molecule is CCC1=C(C(=O)OC(C)C)c2n[nH]c(C(F)(F)F)c2C(C)(C)C[N+]1([O-])Cc1ccc(OCCN2CCOCC2)cc1. The number of quaternary nitrogens is 1. The molecule has 0 bridgehead atoms. The van der Waals surface area contributed by atoms with E-state index in [-0.39, 0.29) is 42.0 Å². The maximum Gasteiger partial charge on any atom is 0.433 e. The van der Waals surface area contributed by atoms with Gasteiger partial charge in [-0.25, -0.2) is 4.79 Å². The van der Waals surface area contributed by atoms with Crippen molar-refractivity contribution in [3.63, 3.8) is 0 Å². The van der Waals surface area contributed by atoms with Crippen LogP contribution in [0.3, 0.4) is 0 Å². The zero-order valence-corrected chi connectivity index (χ0v) is 24.3. The first-order chi connectivity index (χ1) is 19.2. The van der Waals surface area contributed by atoms with Crippen molar-refractivity contribution < 1.29 is 36.8 Å². The van der Waals surface area contributed by atoms with E-state index in [1.165, 1.54) is 0 Å². The fourth-order valence-electron chi connectivity index (χ4n) is 5.75. The Hall–Kier alpha value is -2.93. The number of morpholine rings is 1. The number of allylic oxidation sites excluding steroid dienone is 1. The van der Waals surface area contributed by atoms with Crippen LogP contribution in [-0.4, -0.2) is 77.8 Å². The number of H-pyrrole nitrogens is 1. The molecule has 2 aromatic rings. The number of nitrogens with one attached hydrogen (secondary N) is 1. The Kier molecular flexibility index (Phi) is 9.17. The van der Waals surface area contributed by atoms with E-state index in [1.807, 2.05) is 0 Å². The van der Waals surface area contributed by atoms with E-state index in [2.05, 4.69) is 15.1 Å². The van der Waals surface area contributed by atoms with Gasteiger partial charge in [-0.1, -0.05) is 20.8 Å². The van der Waals surface area contributed by atoms with Gasteiger partial charge in [0.05, 0.1) is 25.9 Å². The molecule has 41 heavy (non-hydrogen) atoms. The Morgan fingerprint density at radius 3 is 2.46 bits per heavy atom. The minimum Gasteiger partial charge on any atom is -0.627 e. The standard InChI is InChI=1S/C29H39F3N4O5/c1-6-22-23(27(37)41-19(2)3)25-24(26(34-33-25)29(30,31)32)28(4,5)18-36(22,38)17-20-7-9-21(10-8-20)40-16-13-35-11-14-39-15-12-35/h7-10,19H,6,11-18H2,1-5H3,(H,33,34). The molecule has 3 heterocycles. The number of nitrogens with zero attached hydrogens (tertiary/aromatic N) is 3. The monoisotopic (exact) mass is 580 g/mol. The molecule has 1 atom stereocenters. The van der Waals surface area contributed by atoms with E-state index in [4.69, 9.17) is 14.2 Å². The topological polar surface area (TPSA) is 99.7 Å². The molecular weight excluding hydrogens is 541 g/mol. The molecule has 0 saturated carbocycles. The van der Waals surface area contributed by atoms with Crippen LogP contribution in [0.4, 0.5) is 13.2 Å². The zero-order chi connectivity index (χ0) is 30.0. The van der Waals surface area contributed by atoms with Crippen LogP contribution >= 0.6 is 0 Å². The van der Waals surface area contributed by atoms with Crippen LogP contribution in [0.1, 0.15) is 63.6 Å². The van der Waals surface area contributed by atoms with Crippen LogP contribution in [0.2, 0.25) is 0 Å². The van der Waals surface area contributed by atoms with Gasteiger partial charge in [0.25, 0.3) is 0 Å². The van der Waals surface area contributed by atoms with E-state index in [1.54, 1.807) is 58.9 Å². The maximum absolute atomic E-state index is 14.8. The molecule has 2 aliphatic heterocycles. The van der Waals surface area contributed by atoms with Crippen LogP contribution in [0.15, 0.2) is 30.0 Å². The van der Waals surface area contributed by atoms with Gasteiger partial charge in [0.2, 0.25) is 0 Å². The summed E-state index contributed by atoms with van der Waals surface area (Å²) in [5.41, 5.74) is -2.13. The molecule has 12 heteroatoms. The lowest BCUT2D eigenvalue weighted by Crippen LogP contribution is -2.48. The van der Waals surface area contributed by atoms with E-state index >= 15 is 0 Å². The van der Waals surface area contributed by atoms with Gasteiger partial charge in [0.1, 0.15) is 41.6 Å². The molecule has 1 N–H and O–H groups in total. The highest BCUT2D eigenvalue weighted by Gasteiger charge is 2.50. The van der Waals surface area contributed by atoms with Crippen molar-refractivity contribution in [3.05, 3.63) is 57.7 Å². The third kappa shape index (κ3) is 6.94. The zero-order valence-electron chi connectivity index (χ0n) is 24.3. The third-order valence-corrected chi connectivity index (χ3v) is 7.42. The van der Waals surface area contributed by atoms with Gasteiger partial charge >= 0.3 is 12.1 Å².